The van der Waals surface area contributed by atoms with Crippen LogP contribution in [0.4, 0.5) is 0 Å². The highest BCUT2D eigenvalue weighted by Gasteiger charge is 2.21. The second-order valence-electron chi connectivity index (χ2n) is 4.44. The Labute approximate surface area is 112 Å². The van der Waals surface area contributed by atoms with Crippen molar-refractivity contribution in [1.29, 1.82) is 5.26 Å². The van der Waals surface area contributed by atoms with Gasteiger partial charge in [0.05, 0.1) is 7.11 Å². The monoisotopic (exact) mass is 256 g/mol. The molecule has 1 aliphatic rings. The van der Waals surface area contributed by atoms with Crippen LogP contribution in [0.5, 0.6) is 5.75 Å². The average molecular weight is 256 g/mol. The van der Waals surface area contributed by atoms with Crippen molar-refractivity contribution in [2.24, 2.45) is 0 Å². The minimum absolute atomic E-state index is 0.171. The number of likely N-dealkylation sites (tertiary alicyclic amines) is 1. The van der Waals surface area contributed by atoms with Crippen molar-refractivity contribution >= 4 is 12.0 Å². The topological polar surface area (TPSA) is 53.3 Å². The van der Waals surface area contributed by atoms with Crippen LogP contribution < -0.4 is 4.74 Å². The standard InChI is InChI=1S/C15H16N2O2/c1-19-14-6-4-12(5-7-14)10-13(11-16)15(18)17-8-2-3-9-17/h4-7,10H,2-3,8-9H2,1H3/b13-10-. The lowest BCUT2D eigenvalue weighted by molar-refractivity contribution is -0.125. The molecule has 2 rings (SSSR count). The van der Waals surface area contributed by atoms with Gasteiger partial charge in [-0.25, -0.2) is 0 Å². The summed E-state index contributed by atoms with van der Waals surface area (Å²) in [5.74, 6) is 0.581. The Hall–Kier alpha value is -2.28. The molecule has 0 bridgehead atoms. The lowest BCUT2D eigenvalue weighted by Gasteiger charge is -2.14. The maximum atomic E-state index is 12.1. The zero-order chi connectivity index (χ0) is 13.7. The van der Waals surface area contributed by atoms with Crippen molar-refractivity contribution < 1.29 is 9.53 Å². The molecule has 4 heteroatoms. The summed E-state index contributed by atoms with van der Waals surface area (Å²) in [5, 5.41) is 9.13. The van der Waals surface area contributed by atoms with Gasteiger partial charge in [0.1, 0.15) is 17.4 Å². The lowest BCUT2D eigenvalue weighted by atomic mass is 10.1. The summed E-state index contributed by atoms with van der Waals surface area (Å²) in [5.41, 5.74) is 1.01. The maximum absolute atomic E-state index is 12.1. The van der Waals surface area contributed by atoms with E-state index < -0.39 is 0 Å². The number of carbonyl (C=O) groups is 1. The third-order valence-corrected chi connectivity index (χ3v) is 3.17. The van der Waals surface area contributed by atoms with Crippen molar-refractivity contribution in [3.8, 4) is 11.8 Å². The number of amides is 1. The van der Waals surface area contributed by atoms with Crippen LogP contribution in [0.2, 0.25) is 0 Å². The number of methoxy groups -OCH3 is 1. The number of rotatable bonds is 3. The zero-order valence-electron chi connectivity index (χ0n) is 10.9. The molecule has 1 saturated heterocycles. The van der Waals surface area contributed by atoms with E-state index in [1.54, 1.807) is 30.2 Å². The average Bonchev–Trinajstić information content (AvgIpc) is 2.99. The van der Waals surface area contributed by atoms with Crippen LogP contribution in [-0.4, -0.2) is 31.0 Å². The zero-order valence-corrected chi connectivity index (χ0v) is 10.9. The quantitative estimate of drug-likeness (QED) is 0.615. The van der Waals surface area contributed by atoms with E-state index >= 15 is 0 Å². The van der Waals surface area contributed by atoms with Crippen molar-refractivity contribution in [1.82, 2.24) is 4.90 Å². The smallest absolute Gasteiger partial charge is 0.264 e. The highest BCUT2D eigenvalue weighted by atomic mass is 16.5. The molecule has 0 aromatic heterocycles. The molecular formula is C15H16N2O2. The minimum atomic E-state index is -0.171. The molecule has 1 fully saturated rings. The summed E-state index contributed by atoms with van der Waals surface area (Å²) >= 11 is 0. The van der Waals surface area contributed by atoms with Crippen LogP contribution in [0.25, 0.3) is 6.08 Å². The summed E-state index contributed by atoms with van der Waals surface area (Å²) in [6.07, 6.45) is 3.67. The van der Waals surface area contributed by atoms with E-state index in [0.29, 0.717) is 0 Å². The Balaban J connectivity index is 2.17. The number of nitriles is 1. The van der Waals surface area contributed by atoms with E-state index in [-0.39, 0.29) is 11.5 Å². The molecule has 0 atom stereocenters. The second-order valence-corrected chi connectivity index (χ2v) is 4.44. The molecule has 98 valence electrons. The van der Waals surface area contributed by atoms with Crippen molar-refractivity contribution in [3.63, 3.8) is 0 Å². The summed E-state index contributed by atoms with van der Waals surface area (Å²) < 4.78 is 5.07. The third kappa shape index (κ3) is 3.14. The van der Waals surface area contributed by atoms with Crippen molar-refractivity contribution in [3.05, 3.63) is 35.4 Å². The van der Waals surface area contributed by atoms with Gasteiger partial charge in [0.25, 0.3) is 5.91 Å². The number of benzene rings is 1. The van der Waals surface area contributed by atoms with Gasteiger partial charge in [-0.1, -0.05) is 12.1 Å². The van der Waals surface area contributed by atoms with Gasteiger partial charge in [-0.05, 0) is 36.6 Å². The van der Waals surface area contributed by atoms with Gasteiger partial charge in [-0.15, -0.1) is 0 Å². The molecule has 0 N–H and O–H groups in total. The van der Waals surface area contributed by atoms with Crippen molar-refractivity contribution in [2.75, 3.05) is 20.2 Å². The normalized spacial score (nSPS) is 15.2. The Kier molecular flexibility index (Phi) is 4.19. The molecule has 0 aliphatic carbocycles. The minimum Gasteiger partial charge on any atom is -0.497 e. The number of hydrogen-bond donors (Lipinski definition) is 0. The Morgan fingerprint density at radius 2 is 1.95 bits per heavy atom. The number of nitrogens with zero attached hydrogens (tertiary/aromatic N) is 2. The van der Waals surface area contributed by atoms with Crippen LogP contribution in [0.3, 0.4) is 0 Å². The predicted molar refractivity (Wildman–Crippen MR) is 72.4 cm³/mol. The van der Waals surface area contributed by atoms with E-state index in [1.807, 2.05) is 18.2 Å². The second kappa shape index (κ2) is 6.05. The molecular weight excluding hydrogens is 240 g/mol. The van der Waals surface area contributed by atoms with E-state index in [1.165, 1.54) is 0 Å². The lowest BCUT2D eigenvalue weighted by Crippen LogP contribution is -2.28. The summed E-state index contributed by atoms with van der Waals surface area (Å²) in [6.45, 7) is 1.50. The van der Waals surface area contributed by atoms with E-state index in [0.717, 1.165) is 37.2 Å². The van der Waals surface area contributed by atoms with Gasteiger partial charge in [0.15, 0.2) is 0 Å². The molecule has 0 radical (unpaired) electrons. The fraction of sp³-hybridized carbons (Fsp3) is 0.333. The first-order chi connectivity index (χ1) is 9.24. The summed E-state index contributed by atoms with van der Waals surface area (Å²) in [6, 6.07) is 9.26. The number of ether oxygens (including phenoxy) is 1. The molecule has 4 nitrogen and oxygen atoms in total. The van der Waals surface area contributed by atoms with Crippen molar-refractivity contribution in [2.45, 2.75) is 12.8 Å². The highest BCUT2D eigenvalue weighted by molar-refractivity contribution is 6.01. The largest absolute Gasteiger partial charge is 0.497 e. The molecule has 1 amide bonds. The van der Waals surface area contributed by atoms with Gasteiger partial charge < -0.3 is 9.64 Å². The van der Waals surface area contributed by atoms with Gasteiger partial charge >= 0.3 is 0 Å². The molecule has 0 spiro atoms. The van der Waals surface area contributed by atoms with Gasteiger partial charge in [-0.3, -0.25) is 4.79 Å². The van der Waals surface area contributed by atoms with Gasteiger partial charge in [0, 0.05) is 13.1 Å². The molecule has 19 heavy (non-hydrogen) atoms. The first-order valence-electron chi connectivity index (χ1n) is 6.29. The summed E-state index contributed by atoms with van der Waals surface area (Å²) in [4.78, 5) is 13.8. The molecule has 1 aliphatic heterocycles. The molecule has 0 unspecified atom stereocenters. The fourth-order valence-electron chi connectivity index (χ4n) is 2.10. The Morgan fingerprint density at radius 1 is 1.32 bits per heavy atom. The highest BCUT2D eigenvalue weighted by Crippen LogP contribution is 2.16. The van der Waals surface area contributed by atoms with Crippen LogP contribution in [0.15, 0.2) is 29.8 Å². The molecule has 1 heterocycles. The van der Waals surface area contributed by atoms with Gasteiger partial charge in [-0.2, -0.15) is 5.26 Å². The molecule has 1 aromatic rings. The number of hydrogen-bond acceptors (Lipinski definition) is 3. The van der Waals surface area contributed by atoms with Crippen LogP contribution in [-0.2, 0) is 4.79 Å². The Bertz CT molecular complexity index is 520. The molecule has 0 saturated carbocycles. The summed E-state index contributed by atoms with van der Waals surface area (Å²) in [7, 11) is 1.60. The van der Waals surface area contributed by atoms with Crippen LogP contribution in [0.1, 0.15) is 18.4 Å². The SMILES string of the molecule is COc1ccc(/C=C(/C#N)C(=O)N2CCCC2)cc1. The predicted octanol–water partition coefficient (Wildman–Crippen LogP) is 2.22. The maximum Gasteiger partial charge on any atom is 0.264 e. The van der Waals surface area contributed by atoms with E-state index in [4.69, 9.17) is 10.00 Å². The van der Waals surface area contributed by atoms with Crippen LogP contribution >= 0.6 is 0 Å². The van der Waals surface area contributed by atoms with E-state index in [2.05, 4.69) is 0 Å². The third-order valence-electron chi connectivity index (χ3n) is 3.17. The molecule has 1 aromatic carbocycles. The Morgan fingerprint density at radius 3 is 2.47 bits per heavy atom. The fourth-order valence-corrected chi connectivity index (χ4v) is 2.10. The number of carbonyl (C=O) groups excluding carboxylic acids is 1. The van der Waals surface area contributed by atoms with Gasteiger partial charge in [0.2, 0.25) is 0 Å². The first kappa shape index (κ1) is 13.2. The van der Waals surface area contributed by atoms with E-state index in [9.17, 15) is 4.79 Å². The van der Waals surface area contributed by atoms with Crippen LogP contribution in [0, 0.1) is 11.3 Å². The first-order valence-corrected chi connectivity index (χ1v) is 6.29.